The predicted octanol–water partition coefficient (Wildman–Crippen LogP) is -0.868. The number of hydrogen-bond donors (Lipinski definition) is 0. The molecule has 0 amide bonds. The summed E-state index contributed by atoms with van der Waals surface area (Å²) in [6.07, 6.45) is 0. The summed E-state index contributed by atoms with van der Waals surface area (Å²) in [4.78, 5) is 17.6. The van der Waals surface area contributed by atoms with Gasteiger partial charge >= 0.3 is 0 Å². The van der Waals surface area contributed by atoms with Gasteiger partial charge in [0.05, 0.1) is 0 Å². The molecule has 0 N–H and O–H groups in total. The molecule has 2 radical (unpaired) electrons. The van der Waals surface area contributed by atoms with Crippen LogP contribution in [0.1, 0.15) is 0 Å². The number of ether oxygens (including phenoxy) is 1. The van der Waals surface area contributed by atoms with Gasteiger partial charge in [0.15, 0.2) is 0 Å². The summed E-state index contributed by atoms with van der Waals surface area (Å²) in [5, 5.41) is 0. The van der Waals surface area contributed by atoms with Crippen molar-refractivity contribution in [3.63, 3.8) is 0 Å². The Morgan fingerprint density at radius 2 is 1.29 bits per heavy atom. The van der Waals surface area contributed by atoms with Crippen LogP contribution >= 0.6 is 0 Å². The molecule has 0 spiro atoms. The van der Waals surface area contributed by atoms with Crippen LogP contribution < -0.4 is 0 Å². The molecule has 0 aliphatic carbocycles. The van der Waals surface area contributed by atoms with Crippen molar-refractivity contribution in [2.75, 3.05) is 0 Å². The Bertz CT molecular complexity index is 40.2. The second-order valence-corrected chi connectivity index (χ2v) is 0.269. The molecule has 0 aromatic heterocycles. The van der Waals surface area contributed by atoms with E-state index < -0.39 is 0 Å². The molecule has 0 unspecified atom stereocenters. The zero-order valence-electron chi connectivity index (χ0n) is 3.12. The minimum atomic E-state index is 0. The van der Waals surface area contributed by atoms with E-state index in [9.17, 15) is 0 Å². The fourth-order valence-corrected chi connectivity index (χ4v) is 0.0170. The molecule has 38 valence electrons. The maximum absolute atomic E-state index is 8.80. The van der Waals surface area contributed by atoms with E-state index in [0.29, 0.717) is 0 Å². The van der Waals surface area contributed by atoms with Gasteiger partial charge in [-0.25, -0.2) is 0 Å². The number of rotatable bonds is 2. The van der Waals surface area contributed by atoms with Gasteiger partial charge in [-0.2, -0.15) is 0 Å². The van der Waals surface area contributed by atoms with Gasteiger partial charge in [0.2, 0.25) is 0 Å². The molecule has 0 atom stereocenters. The predicted molar refractivity (Wildman–Crippen MR) is 12.5 cm³/mol. The summed E-state index contributed by atoms with van der Waals surface area (Å²) in [5.41, 5.74) is 0. The Kier molecular flexibility index (Phi) is 36.4. The van der Waals surface area contributed by atoms with Crippen LogP contribution in [0.4, 0.5) is 0 Å². The average molecular weight is 174 g/mol. The Morgan fingerprint density at radius 3 is 1.29 bits per heavy atom. The van der Waals surface area contributed by atoms with E-state index in [4.69, 9.17) is 9.59 Å². The van der Waals surface area contributed by atoms with Crippen LogP contribution in [-0.4, -0.2) is 12.9 Å². The molecule has 0 aromatic rings. The molecule has 0 fully saturated rings. The number of carbonyl (C=O) groups excluding carboxylic acids is 2. The Balaban J connectivity index is -0.0000000800. The topological polar surface area (TPSA) is 43.4 Å². The smallest absolute Gasteiger partial charge is 0 e. The molecule has 7 heavy (non-hydrogen) atoms. The molecule has 0 saturated heterocycles. The summed E-state index contributed by atoms with van der Waals surface area (Å²) < 4.78 is 3.22. The van der Waals surface area contributed by atoms with E-state index in [1.165, 1.54) is 0 Å². The molecular formula is C2O3V2-2. The summed E-state index contributed by atoms with van der Waals surface area (Å²) in [7, 11) is 0. The summed E-state index contributed by atoms with van der Waals surface area (Å²) >= 11 is 0. The third-order valence-corrected chi connectivity index (χ3v) is 0.0833. The van der Waals surface area contributed by atoms with Gasteiger partial charge in [0.1, 0.15) is 0 Å². The molecule has 0 aliphatic heterocycles. The monoisotopic (exact) mass is 174 g/mol. The van der Waals surface area contributed by atoms with Gasteiger partial charge in [-0.1, -0.05) is 0 Å². The fourth-order valence-electron chi connectivity index (χ4n) is 0.0170. The summed E-state index contributed by atoms with van der Waals surface area (Å²) in [5.74, 6) is 0. The standard InChI is InChI=1S/C2O3.2V/c3-1-5-2-4;;/q-2;;. The zero-order chi connectivity index (χ0) is 4.12. The molecule has 0 aliphatic rings. The third kappa shape index (κ3) is 22.0. The van der Waals surface area contributed by atoms with E-state index in [0.717, 1.165) is 12.9 Å². The van der Waals surface area contributed by atoms with Gasteiger partial charge < -0.3 is 14.3 Å². The SMILES string of the molecule is O=[C-]O[C-]=O.[V].[V]. The first-order chi connectivity index (χ1) is 2.41. The first-order valence-corrected chi connectivity index (χ1v) is 0.816. The second-order valence-electron chi connectivity index (χ2n) is 0.269. The third-order valence-electron chi connectivity index (χ3n) is 0.0833. The van der Waals surface area contributed by atoms with Crippen LogP contribution in [0.3, 0.4) is 0 Å². The van der Waals surface area contributed by atoms with Gasteiger partial charge in [-0.15, -0.1) is 12.9 Å². The van der Waals surface area contributed by atoms with Crippen molar-refractivity contribution in [1.82, 2.24) is 0 Å². The maximum Gasteiger partial charge on any atom is 0 e. The largest absolute Gasteiger partial charge is 0.783 e. The van der Waals surface area contributed by atoms with E-state index >= 15 is 0 Å². The Labute approximate surface area is 64.6 Å². The van der Waals surface area contributed by atoms with E-state index in [1.54, 1.807) is 0 Å². The van der Waals surface area contributed by atoms with Gasteiger partial charge in [0.25, 0.3) is 0 Å². The van der Waals surface area contributed by atoms with Gasteiger partial charge in [-0.05, 0) is 0 Å². The van der Waals surface area contributed by atoms with Gasteiger partial charge in [-0.3, -0.25) is 0 Å². The second kappa shape index (κ2) is 16.2. The Hall–Kier alpha value is 0.309. The van der Waals surface area contributed by atoms with Crippen LogP contribution in [-0.2, 0) is 51.4 Å². The van der Waals surface area contributed by atoms with Crippen molar-refractivity contribution in [2.24, 2.45) is 0 Å². The van der Waals surface area contributed by atoms with Crippen molar-refractivity contribution < 1.29 is 51.4 Å². The average Bonchev–Trinajstić information content (AvgIpc) is 1.41. The molecule has 0 saturated carbocycles. The first kappa shape index (κ1) is 15.7. The summed E-state index contributed by atoms with van der Waals surface area (Å²) in [6.45, 7) is 1.69. The van der Waals surface area contributed by atoms with Crippen molar-refractivity contribution in [2.45, 2.75) is 0 Å². The minimum absolute atomic E-state index is 0. The van der Waals surface area contributed by atoms with Crippen molar-refractivity contribution in [3.05, 3.63) is 0 Å². The van der Waals surface area contributed by atoms with Crippen LogP contribution in [0, 0.1) is 0 Å². The van der Waals surface area contributed by atoms with Crippen molar-refractivity contribution in [3.8, 4) is 0 Å². The first-order valence-electron chi connectivity index (χ1n) is 0.816. The minimum Gasteiger partial charge on any atom is -0.783 e. The zero-order valence-corrected chi connectivity index (χ0v) is 5.91. The quantitative estimate of drug-likeness (QED) is 0.403. The molecule has 0 heterocycles. The fraction of sp³-hybridized carbons (Fsp3) is 0. The normalized spacial score (nSPS) is 4.00. The van der Waals surface area contributed by atoms with Gasteiger partial charge in [0, 0.05) is 37.1 Å². The molecule has 0 aromatic carbocycles. The molecule has 3 nitrogen and oxygen atoms in total. The van der Waals surface area contributed by atoms with Crippen molar-refractivity contribution >= 4 is 12.9 Å². The molecular weight excluding hydrogens is 174 g/mol. The van der Waals surface area contributed by atoms with Crippen LogP contribution in [0.2, 0.25) is 0 Å². The van der Waals surface area contributed by atoms with Crippen LogP contribution in [0.15, 0.2) is 0 Å². The van der Waals surface area contributed by atoms with Crippen molar-refractivity contribution in [1.29, 1.82) is 0 Å². The molecule has 0 bridgehead atoms. The molecule has 5 heteroatoms. The van der Waals surface area contributed by atoms with E-state index in [2.05, 4.69) is 4.74 Å². The van der Waals surface area contributed by atoms with Crippen LogP contribution in [0.25, 0.3) is 0 Å². The van der Waals surface area contributed by atoms with Crippen LogP contribution in [0.5, 0.6) is 0 Å². The Morgan fingerprint density at radius 1 is 1.00 bits per heavy atom. The van der Waals surface area contributed by atoms with E-state index in [1.807, 2.05) is 0 Å². The number of hydrogen-bond acceptors (Lipinski definition) is 3. The van der Waals surface area contributed by atoms with E-state index in [-0.39, 0.29) is 37.1 Å². The molecule has 0 rings (SSSR count). The summed E-state index contributed by atoms with van der Waals surface area (Å²) in [6, 6.07) is 0. The maximum atomic E-state index is 8.80.